The molecule has 0 saturated carbocycles. The van der Waals surface area contributed by atoms with Gasteiger partial charge in [-0.25, -0.2) is 0 Å². The van der Waals surface area contributed by atoms with E-state index in [-0.39, 0.29) is 0 Å². The summed E-state index contributed by atoms with van der Waals surface area (Å²) in [6.07, 6.45) is 1.75. The Labute approximate surface area is 107 Å². The summed E-state index contributed by atoms with van der Waals surface area (Å²) in [5.41, 5.74) is 0.995. The van der Waals surface area contributed by atoms with Gasteiger partial charge >= 0.3 is 0 Å². The van der Waals surface area contributed by atoms with Crippen molar-refractivity contribution in [3.8, 4) is 5.75 Å². The van der Waals surface area contributed by atoms with Crippen molar-refractivity contribution in [2.45, 2.75) is 6.61 Å². The van der Waals surface area contributed by atoms with Gasteiger partial charge in [0.2, 0.25) is 0 Å². The Morgan fingerprint density at radius 3 is 2.62 bits per heavy atom. The Kier molecular flexibility index (Phi) is 3.51. The van der Waals surface area contributed by atoms with Crippen molar-refractivity contribution in [1.29, 1.82) is 0 Å². The molecule has 2 rings (SSSR count). The molecule has 0 fully saturated rings. The molecular weight excluding hydrogens is 291 g/mol. The second-order valence-electron chi connectivity index (χ2n) is 3.31. The summed E-state index contributed by atoms with van der Waals surface area (Å²) in [5.74, 6) is 0.789. The minimum Gasteiger partial charge on any atom is -0.487 e. The van der Waals surface area contributed by atoms with Crippen LogP contribution in [0.3, 0.4) is 0 Å². The molecule has 0 spiro atoms. The van der Waals surface area contributed by atoms with E-state index in [0.29, 0.717) is 11.6 Å². The van der Waals surface area contributed by atoms with Gasteiger partial charge in [0.25, 0.3) is 0 Å². The first-order valence-electron chi connectivity index (χ1n) is 4.71. The summed E-state index contributed by atoms with van der Waals surface area (Å²) in [5, 5.41) is 4.81. The molecule has 0 bridgehead atoms. The Balaban J connectivity index is 2.05. The summed E-state index contributed by atoms with van der Waals surface area (Å²) in [6, 6.07) is 7.28. The molecule has 5 heteroatoms. The Morgan fingerprint density at radius 1 is 1.38 bits per heavy atom. The third-order valence-electron chi connectivity index (χ3n) is 2.20. The second kappa shape index (κ2) is 4.89. The van der Waals surface area contributed by atoms with Crippen LogP contribution in [-0.2, 0) is 13.7 Å². The molecule has 0 aliphatic rings. The molecule has 3 nitrogen and oxygen atoms in total. The molecule has 0 atom stereocenters. The topological polar surface area (TPSA) is 27.1 Å². The molecule has 0 amide bonds. The minimum atomic E-state index is 0.471. The van der Waals surface area contributed by atoms with E-state index in [9.17, 15) is 0 Å². The van der Waals surface area contributed by atoms with Gasteiger partial charge in [0.05, 0.1) is 16.4 Å². The second-order valence-corrected chi connectivity index (χ2v) is 4.60. The number of rotatable bonds is 3. The maximum Gasteiger partial charge on any atom is 0.131 e. The molecule has 1 heterocycles. The van der Waals surface area contributed by atoms with E-state index in [0.717, 1.165) is 15.9 Å². The average Bonchev–Trinajstić information content (AvgIpc) is 2.59. The van der Waals surface area contributed by atoms with Crippen molar-refractivity contribution >= 4 is 27.5 Å². The molecule has 0 saturated heterocycles. The van der Waals surface area contributed by atoms with E-state index in [2.05, 4.69) is 21.0 Å². The summed E-state index contributed by atoms with van der Waals surface area (Å²) in [7, 11) is 1.88. The SMILES string of the molecule is Cn1ncc(Br)c1COc1ccc(Cl)cc1. The summed E-state index contributed by atoms with van der Waals surface area (Å²) < 4.78 is 8.34. The molecule has 0 aliphatic heterocycles. The molecule has 2 aromatic rings. The number of nitrogens with zero attached hydrogens (tertiary/aromatic N) is 2. The maximum absolute atomic E-state index is 5.78. The van der Waals surface area contributed by atoms with Crippen LogP contribution in [0.25, 0.3) is 0 Å². The van der Waals surface area contributed by atoms with Crippen LogP contribution in [-0.4, -0.2) is 9.78 Å². The first kappa shape index (κ1) is 11.5. The van der Waals surface area contributed by atoms with Crippen molar-refractivity contribution in [2.24, 2.45) is 7.05 Å². The Hall–Kier alpha value is -1.00. The summed E-state index contributed by atoms with van der Waals surface area (Å²) in [4.78, 5) is 0. The van der Waals surface area contributed by atoms with Crippen molar-refractivity contribution in [1.82, 2.24) is 9.78 Å². The minimum absolute atomic E-state index is 0.471. The lowest BCUT2D eigenvalue weighted by Gasteiger charge is -2.06. The number of aryl methyl sites for hydroxylation is 1. The average molecular weight is 302 g/mol. The van der Waals surface area contributed by atoms with E-state index in [4.69, 9.17) is 16.3 Å². The maximum atomic E-state index is 5.78. The van der Waals surface area contributed by atoms with Crippen molar-refractivity contribution in [3.05, 3.63) is 45.7 Å². The van der Waals surface area contributed by atoms with E-state index in [1.807, 2.05) is 19.2 Å². The molecule has 1 aromatic heterocycles. The van der Waals surface area contributed by atoms with Crippen LogP contribution in [0, 0.1) is 0 Å². The fourth-order valence-electron chi connectivity index (χ4n) is 1.28. The van der Waals surface area contributed by atoms with Crippen LogP contribution in [0.1, 0.15) is 5.69 Å². The Bertz CT molecular complexity index is 462. The first-order chi connectivity index (χ1) is 7.66. The van der Waals surface area contributed by atoms with Gasteiger partial charge < -0.3 is 4.74 Å². The normalized spacial score (nSPS) is 10.4. The molecule has 16 heavy (non-hydrogen) atoms. The quantitative estimate of drug-likeness (QED) is 0.868. The van der Waals surface area contributed by atoms with Gasteiger partial charge in [-0.1, -0.05) is 11.6 Å². The van der Waals surface area contributed by atoms with E-state index < -0.39 is 0 Å². The van der Waals surface area contributed by atoms with Crippen LogP contribution >= 0.6 is 27.5 Å². The van der Waals surface area contributed by atoms with Gasteiger partial charge in [-0.05, 0) is 40.2 Å². The van der Waals surface area contributed by atoms with Crippen LogP contribution in [0.15, 0.2) is 34.9 Å². The zero-order chi connectivity index (χ0) is 11.5. The lowest BCUT2D eigenvalue weighted by atomic mass is 10.3. The zero-order valence-electron chi connectivity index (χ0n) is 8.65. The van der Waals surface area contributed by atoms with Crippen molar-refractivity contribution in [2.75, 3.05) is 0 Å². The summed E-state index contributed by atoms with van der Waals surface area (Å²) >= 11 is 9.20. The number of benzene rings is 1. The molecule has 1 aromatic carbocycles. The number of hydrogen-bond donors (Lipinski definition) is 0. The fourth-order valence-corrected chi connectivity index (χ4v) is 1.87. The fraction of sp³-hybridized carbons (Fsp3) is 0.182. The molecule has 0 aliphatic carbocycles. The highest BCUT2D eigenvalue weighted by atomic mass is 79.9. The third kappa shape index (κ3) is 2.57. The zero-order valence-corrected chi connectivity index (χ0v) is 11.0. The molecule has 0 N–H and O–H groups in total. The molecule has 84 valence electrons. The van der Waals surface area contributed by atoms with E-state index in [1.165, 1.54) is 0 Å². The molecular formula is C11H10BrClN2O. The highest BCUT2D eigenvalue weighted by Crippen LogP contribution is 2.19. The summed E-state index contributed by atoms with van der Waals surface area (Å²) in [6.45, 7) is 0.471. The third-order valence-corrected chi connectivity index (χ3v) is 3.11. The van der Waals surface area contributed by atoms with Gasteiger partial charge in [0.1, 0.15) is 12.4 Å². The lowest BCUT2D eigenvalue weighted by Crippen LogP contribution is -2.03. The standard InChI is InChI=1S/C11H10BrClN2O/c1-15-11(10(12)6-14-15)7-16-9-4-2-8(13)3-5-9/h2-6H,7H2,1H3. The van der Waals surface area contributed by atoms with Crippen molar-refractivity contribution in [3.63, 3.8) is 0 Å². The Morgan fingerprint density at radius 2 is 2.06 bits per heavy atom. The smallest absolute Gasteiger partial charge is 0.131 e. The number of ether oxygens (including phenoxy) is 1. The number of aromatic nitrogens is 2. The monoisotopic (exact) mass is 300 g/mol. The van der Waals surface area contributed by atoms with Crippen LogP contribution in [0.4, 0.5) is 0 Å². The number of halogens is 2. The first-order valence-corrected chi connectivity index (χ1v) is 5.88. The highest BCUT2D eigenvalue weighted by molar-refractivity contribution is 9.10. The highest BCUT2D eigenvalue weighted by Gasteiger charge is 2.06. The predicted molar refractivity (Wildman–Crippen MR) is 66.7 cm³/mol. The number of hydrogen-bond acceptors (Lipinski definition) is 2. The lowest BCUT2D eigenvalue weighted by molar-refractivity contribution is 0.294. The van der Waals surface area contributed by atoms with Crippen molar-refractivity contribution < 1.29 is 4.74 Å². The van der Waals surface area contributed by atoms with Gasteiger partial charge in [0.15, 0.2) is 0 Å². The van der Waals surface area contributed by atoms with Crippen LogP contribution < -0.4 is 4.74 Å². The van der Waals surface area contributed by atoms with Crippen LogP contribution in [0.2, 0.25) is 5.02 Å². The van der Waals surface area contributed by atoms with Gasteiger partial charge in [-0.2, -0.15) is 5.10 Å². The molecule has 0 radical (unpaired) electrons. The van der Waals surface area contributed by atoms with Crippen LogP contribution in [0.5, 0.6) is 5.75 Å². The van der Waals surface area contributed by atoms with Gasteiger partial charge in [0, 0.05) is 12.1 Å². The van der Waals surface area contributed by atoms with Gasteiger partial charge in [-0.3, -0.25) is 4.68 Å². The largest absolute Gasteiger partial charge is 0.487 e. The predicted octanol–water partition coefficient (Wildman–Crippen LogP) is 3.42. The molecule has 0 unspecified atom stereocenters. The van der Waals surface area contributed by atoms with E-state index in [1.54, 1.807) is 23.0 Å². The van der Waals surface area contributed by atoms with Gasteiger partial charge in [-0.15, -0.1) is 0 Å². The van der Waals surface area contributed by atoms with E-state index >= 15 is 0 Å².